The van der Waals surface area contributed by atoms with Gasteiger partial charge in [0, 0.05) is 11.9 Å². The van der Waals surface area contributed by atoms with Gasteiger partial charge in [-0.05, 0) is 30.9 Å². The summed E-state index contributed by atoms with van der Waals surface area (Å²) in [6.45, 7) is 1.61. The van der Waals surface area contributed by atoms with Gasteiger partial charge >= 0.3 is 6.18 Å². The number of ketones is 2. The summed E-state index contributed by atoms with van der Waals surface area (Å²) in [4.78, 5) is 33.0. The van der Waals surface area contributed by atoms with Crippen molar-refractivity contribution in [2.75, 3.05) is 11.6 Å². The highest BCUT2D eigenvalue weighted by Gasteiger charge is 2.35. The highest BCUT2D eigenvalue weighted by molar-refractivity contribution is 8.03. The van der Waals surface area contributed by atoms with E-state index in [9.17, 15) is 22.8 Å². The van der Waals surface area contributed by atoms with E-state index in [0.29, 0.717) is 5.56 Å². The zero-order valence-electron chi connectivity index (χ0n) is 13.6. The quantitative estimate of drug-likeness (QED) is 0.873. The molecule has 0 radical (unpaired) electrons. The minimum atomic E-state index is -4.52. The molecule has 5 nitrogen and oxygen atoms in total. The third-order valence-corrected chi connectivity index (χ3v) is 4.66. The number of alkyl halides is 3. The lowest BCUT2D eigenvalue weighted by Gasteiger charge is -2.21. The number of hydrogen-bond donors (Lipinski definition) is 1. The third-order valence-electron chi connectivity index (χ3n) is 3.86. The van der Waals surface area contributed by atoms with Gasteiger partial charge in [-0.15, -0.1) is 11.8 Å². The Hall–Kier alpha value is -2.68. The van der Waals surface area contributed by atoms with Crippen molar-refractivity contribution in [2.45, 2.75) is 13.1 Å². The normalized spacial score (nSPS) is 14.5. The van der Waals surface area contributed by atoms with Crippen LogP contribution in [0.15, 0.2) is 41.3 Å². The summed E-state index contributed by atoms with van der Waals surface area (Å²) in [6, 6.07) is 3.17. The van der Waals surface area contributed by atoms with Crippen LogP contribution < -0.4 is 5.32 Å². The Morgan fingerprint density at radius 2 is 1.88 bits per heavy atom. The molecule has 134 valence electrons. The van der Waals surface area contributed by atoms with Gasteiger partial charge < -0.3 is 5.32 Å². The molecule has 0 saturated heterocycles. The number of nitrogens with zero attached hydrogens (tertiary/aromatic N) is 2. The van der Waals surface area contributed by atoms with Gasteiger partial charge in [0.2, 0.25) is 11.6 Å². The molecule has 0 fully saturated rings. The van der Waals surface area contributed by atoms with Crippen LogP contribution in [0.3, 0.4) is 0 Å². The molecule has 1 heterocycles. The summed E-state index contributed by atoms with van der Waals surface area (Å²) in [5, 5.41) is 2.72. The minimum Gasteiger partial charge on any atom is -0.351 e. The van der Waals surface area contributed by atoms with Crippen molar-refractivity contribution < 1.29 is 22.8 Å². The van der Waals surface area contributed by atoms with Crippen molar-refractivity contribution in [3.8, 4) is 0 Å². The molecule has 0 aliphatic heterocycles. The first-order valence-electron chi connectivity index (χ1n) is 7.36. The van der Waals surface area contributed by atoms with Crippen LogP contribution in [0, 0.1) is 6.92 Å². The van der Waals surface area contributed by atoms with E-state index < -0.39 is 23.3 Å². The fourth-order valence-corrected chi connectivity index (χ4v) is 3.14. The maximum absolute atomic E-state index is 13.0. The summed E-state index contributed by atoms with van der Waals surface area (Å²) in [5.74, 6) is -1.01. The van der Waals surface area contributed by atoms with Crippen molar-refractivity contribution in [2.24, 2.45) is 0 Å². The van der Waals surface area contributed by atoms with Crippen LogP contribution in [0.2, 0.25) is 0 Å². The summed E-state index contributed by atoms with van der Waals surface area (Å²) in [7, 11) is 0. The van der Waals surface area contributed by atoms with E-state index >= 15 is 0 Å². The number of benzene rings is 1. The number of thioether (sulfide) groups is 1. The Morgan fingerprint density at radius 1 is 1.15 bits per heavy atom. The largest absolute Gasteiger partial charge is 0.416 e. The molecule has 26 heavy (non-hydrogen) atoms. The number of halogens is 3. The summed E-state index contributed by atoms with van der Waals surface area (Å²) < 4.78 is 38.9. The van der Waals surface area contributed by atoms with Gasteiger partial charge in [0.25, 0.3) is 0 Å². The summed E-state index contributed by atoms with van der Waals surface area (Å²) >= 11 is 1.03. The predicted molar refractivity (Wildman–Crippen MR) is 91.0 cm³/mol. The van der Waals surface area contributed by atoms with Crippen LogP contribution in [-0.4, -0.2) is 27.8 Å². The Bertz CT molecular complexity index is 955. The Kier molecular flexibility index (Phi) is 4.57. The monoisotopic (exact) mass is 379 g/mol. The van der Waals surface area contributed by atoms with Crippen molar-refractivity contribution in [1.82, 2.24) is 9.97 Å². The zero-order chi connectivity index (χ0) is 19.1. The molecule has 9 heteroatoms. The standard InChI is InChI=1S/C17H12F3N3O2S/c1-8-3-4-9(17(18,19)20)5-11(8)23-13-14(24)10-6-21-7-22-12(10)15(25)16(13)26-2/h3-7,23H,1-2H3. The fraction of sp³-hybridized carbons (Fsp3) is 0.176. The lowest BCUT2D eigenvalue weighted by molar-refractivity contribution is -0.137. The van der Waals surface area contributed by atoms with Gasteiger partial charge in [0.15, 0.2) is 0 Å². The zero-order valence-corrected chi connectivity index (χ0v) is 14.5. The number of aryl methyl sites for hydroxylation is 1. The molecule has 0 bridgehead atoms. The molecule has 0 saturated carbocycles. The first kappa shape index (κ1) is 18.1. The van der Waals surface area contributed by atoms with Crippen LogP contribution in [0.5, 0.6) is 0 Å². The summed E-state index contributed by atoms with van der Waals surface area (Å²) in [6.07, 6.45) is -0.529. The maximum atomic E-state index is 13.0. The molecule has 0 spiro atoms. The SMILES string of the molecule is CSC1=C(Nc2cc(C(F)(F)F)ccc2C)C(=O)c2cncnc2C1=O. The molecule has 1 aromatic heterocycles. The van der Waals surface area contributed by atoms with Gasteiger partial charge in [-0.2, -0.15) is 13.2 Å². The van der Waals surface area contributed by atoms with E-state index in [1.165, 1.54) is 12.3 Å². The first-order chi connectivity index (χ1) is 12.2. The Morgan fingerprint density at radius 3 is 2.54 bits per heavy atom. The second-order valence-electron chi connectivity index (χ2n) is 5.50. The van der Waals surface area contributed by atoms with Crippen LogP contribution >= 0.6 is 11.8 Å². The van der Waals surface area contributed by atoms with E-state index in [1.807, 2.05) is 0 Å². The second kappa shape index (κ2) is 6.56. The smallest absolute Gasteiger partial charge is 0.351 e. The number of anilines is 1. The van der Waals surface area contributed by atoms with Gasteiger partial charge in [-0.25, -0.2) is 9.97 Å². The molecule has 0 atom stereocenters. The molecule has 3 rings (SSSR count). The van der Waals surface area contributed by atoms with E-state index in [1.54, 1.807) is 13.2 Å². The van der Waals surface area contributed by atoms with Gasteiger partial charge in [0.1, 0.15) is 17.7 Å². The number of carbonyl (C=O) groups excluding carboxylic acids is 2. The number of rotatable bonds is 3. The summed E-state index contributed by atoms with van der Waals surface area (Å²) in [5.41, 5.74) is -0.324. The molecule has 1 aliphatic carbocycles. The highest BCUT2D eigenvalue weighted by atomic mass is 32.2. The van der Waals surface area contributed by atoms with E-state index in [-0.39, 0.29) is 27.5 Å². The van der Waals surface area contributed by atoms with Crippen molar-refractivity contribution in [3.63, 3.8) is 0 Å². The average molecular weight is 379 g/mol. The number of carbonyl (C=O) groups is 2. The number of aromatic nitrogens is 2. The molecular weight excluding hydrogens is 367 g/mol. The molecule has 0 unspecified atom stereocenters. The van der Waals surface area contributed by atoms with Crippen LogP contribution in [-0.2, 0) is 6.18 Å². The molecule has 1 aromatic carbocycles. The number of fused-ring (bicyclic) bond motifs is 1. The number of hydrogen-bond acceptors (Lipinski definition) is 6. The van der Waals surface area contributed by atoms with Crippen molar-refractivity contribution >= 4 is 29.0 Å². The van der Waals surface area contributed by atoms with Crippen LogP contribution in [0.1, 0.15) is 32.0 Å². The highest BCUT2D eigenvalue weighted by Crippen LogP contribution is 2.35. The number of allylic oxidation sites excluding steroid dienone is 2. The van der Waals surface area contributed by atoms with Gasteiger partial charge in [-0.1, -0.05) is 6.07 Å². The van der Waals surface area contributed by atoms with Crippen molar-refractivity contribution in [1.29, 1.82) is 0 Å². The van der Waals surface area contributed by atoms with Crippen LogP contribution in [0.4, 0.5) is 18.9 Å². The van der Waals surface area contributed by atoms with Crippen molar-refractivity contribution in [3.05, 3.63) is 63.7 Å². The van der Waals surface area contributed by atoms with E-state index in [0.717, 1.165) is 30.2 Å². The van der Waals surface area contributed by atoms with Crippen LogP contribution in [0.25, 0.3) is 0 Å². The Balaban J connectivity index is 2.09. The third kappa shape index (κ3) is 3.10. The molecular formula is C17H12F3N3O2S. The number of nitrogens with one attached hydrogen (secondary N) is 1. The Labute approximate surface area is 150 Å². The maximum Gasteiger partial charge on any atom is 0.416 e. The second-order valence-corrected chi connectivity index (χ2v) is 6.32. The average Bonchev–Trinajstić information content (AvgIpc) is 2.60. The molecule has 1 N–H and O–H groups in total. The van der Waals surface area contributed by atoms with E-state index in [2.05, 4.69) is 15.3 Å². The van der Waals surface area contributed by atoms with Gasteiger partial charge in [-0.3, -0.25) is 9.59 Å². The van der Waals surface area contributed by atoms with Gasteiger partial charge in [0.05, 0.1) is 16.0 Å². The lowest BCUT2D eigenvalue weighted by Crippen LogP contribution is -2.26. The topological polar surface area (TPSA) is 72.0 Å². The molecule has 1 aliphatic rings. The molecule has 0 amide bonds. The molecule has 2 aromatic rings. The minimum absolute atomic E-state index is 0.0133. The van der Waals surface area contributed by atoms with E-state index in [4.69, 9.17) is 0 Å². The fourth-order valence-electron chi connectivity index (χ4n) is 2.51. The predicted octanol–water partition coefficient (Wildman–Crippen LogP) is 3.87. The lowest BCUT2D eigenvalue weighted by atomic mass is 9.97. The number of Topliss-reactive ketones (excluding diaryl/α,β-unsaturated/α-hetero) is 2. The first-order valence-corrected chi connectivity index (χ1v) is 8.59.